The fourth-order valence-corrected chi connectivity index (χ4v) is 4.02. The Hall–Kier alpha value is -3.70. The fraction of sp³-hybridized carbons (Fsp3) is 0.115. The van der Waals surface area contributed by atoms with Crippen molar-refractivity contribution in [2.75, 3.05) is 6.61 Å². The highest BCUT2D eigenvalue weighted by atomic mass is 35.5. The molecule has 32 heavy (non-hydrogen) atoms. The van der Waals surface area contributed by atoms with E-state index >= 15 is 0 Å². The number of ether oxygens (including phenoxy) is 1. The van der Waals surface area contributed by atoms with Gasteiger partial charge in [0.2, 0.25) is 0 Å². The number of rotatable bonds is 5. The van der Waals surface area contributed by atoms with Crippen LogP contribution >= 0.6 is 11.6 Å². The van der Waals surface area contributed by atoms with Crippen LogP contribution in [0.2, 0.25) is 5.02 Å². The Balaban J connectivity index is 1.41. The first kappa shape index (κ1) is 20.2. The minimum atomic E-state index is -0.212. The molecule has 1 atom stereocenters. The van der Waals surface area contributed by atoms with Crippen LogP contribution in [-0.4, -0.2) is 28.2 Å². The summed E-state index contributed by atoms with van der Waals surface area (Å²) in [5, 5.41) is 7.85. The van der Waals surface area contributed by atoms with E-state index in [1.165, 1.54) is 5.01 Å². The lowest BCUT2D eigenvalue weighted by molar-refractivity contribution is -0.135. The smallest absolute Gasteiger partial charge is 0.281 e. The number of hydrogen-bond donors (Lipinski definition) is 0. The lowest BCUT2D eigenvalue weighted by Gasteiger charge is -2.22. The van der Waals surface area contributed by atoms with Gasteiger partial charge in [0.05, 0.1) is 11.8 Å². The van der Waals surface area contributed by atoms with Crippen LogP contribution in [0.3, 0.4) is 0 Å². The molecule has 1 aromatic heterocycles. The summed E-state index contributed by atoms with van der Waals surface area (Å²) in [6, 6.07) is 26.8. The Kier molecular flexibility index (Phi) is 5.57. The normalized spacial score (nSPS) is 15.6. The molecule has 5 rings (SSSR count). The number of aromatic nitrogens is 1. The van der Waals surface area contributed by atoms with E-state index in [1.54, 1.807) is 6.20 Å². The van der Waals surface area contributed by atoms with Crippen LogP contribution in [0.5, 0.6) is 5.75 Å². The first-order valence-electron chi connectivity index (χ1n) is 10.4. The average molecular weight is 442 g/mol. The highest BCUT2D eigenvalue weighted by Gasteiger charge is 2.33. The zero-order chi connectivity index (χ0) is 21.9. The van der Waals surface area contributed by atoms with Gasteiger partial charge in [-0.15, -0.1) is 0 Å². The Labute approximate surface area is 190 Å². The summed E-state index contributed by atoms with van der Waals surface area (Å²) in [6.07, 6.45) is 2.33. The van der Waals surface area contributed by atoms with Crippen molar-refractivity contribution in [3.05, 3.63) is 107 Å². The van der Waals surface area contributed by atoms with E-state index in [4.69, 9.17) is 16.3 Å². The molecule has 158 valence electrons. The molecule has 6 heteroatoms. The predicted octanol–water partition coefficient (Wildman–Crippen LogP) is 5.64. The maximum Gasteiger partial charge on any atom is 0.281 e. The maximum absolute atomic E-state index is 13.2. The van der Waals surface area contributed by atoms with E-state index in [1.807, 2.05) is 84.9 Å². The lowest BCUT2D eigenvalue weighted by atomic mass is 9.98. The molecule has 0 aliphatic carbocycles. The molecule has 0 spiro atoms. The SMILES string of the molecule is O=C(COc1cccc2cccnc12)N1N=C(c2ccc(Cl)cc2)CC1c1ccccc1. The van der Waals surface area contributed by atoms with E-state index in [-0.39, 0.29) is 18.6 Å². The van der Waals surface area contributed by atoms with Gasteiger partial charge in [-0.05, 0) is 35.4 Å². The zero-order valence-corrected chi connectivity index (χ0v) is 17.9. The molecular weight excluding hydrogens is 422 g/mol. The molecule has 5 nitrogen and oxygen atoms in total. The first-order valence-corrected chi connectivity index (χ1v) is 10.7. The number of carbonyl (C=O) groups is 1. The van der Waals surface area contributed by atoms with Gasteiger partial charge in [0.25, 0.3) is 5.91 Å². The molecule has 0 saturated heterocycles. The van der Waals surface area contributed by atoms with Gasteiger partial charge in [0.1, 0.15) is 11.3 Å². The molecule has 3 aromatic carbocycles. The van der Waals surface area contributed by atoms with Crippen molar-refractivity contribution in [1.29, 1.82) is 0 Å². The van der Waals surface area contributed by atoms with Gasteiger partial charge in [0, 0.05) is 23.0 Å². The Bertz CT molecular complexity index is 1280. The third-order valence-corrected chi connectivity index (χ3v) is 5.73. The molecule has 0 saturated carbocycles. The number of hydrazone groups is 1. The van der Waals surface area contributed by atoms with Crippen molar-refractivity contribution < 1.29 is 9.53 Å². The zero-order valence-electron chi connectivity index (χ0n) is 17.2. The summed E-state index contributed by atoms with van der Waals surface area (Å²) in [7, 11) is 0. The molecular formula is C26H20ClN3O2. The summed E-state index contributed by atoms with van der Waals surface area (Å²) in [4.78, 5) is 17.6. The molecule has 1 unspecified atom stereocenters. The average Bonchev–Trinajstić information content (AvgIpc) is 3.29. The van der Waals surface area contributed by atoms with Crippen LogP contribution in [-0.2, 0) is 4.79 Å². The van der Waals surface area contributed by atoms with Crippen LogP contribution < -0.4 is 4.74 Å². The topological polar surface area (TPSA) is 54.8 Å². The second-order valence-electron chi connectivity index (χ2n) is 7.54. The van der Waals surface area contributed by atoms with Crippen LogP contribution in [0.4, 0.5) is 0 Å². The van der Waals surface area contributed by atoms with E-state index in [0.29, 0.717) is 17.2 Å². The fourth-order valence-electron chi connectivity index (χ4n) is 3.89. The third-order valence-electron chi connectivity index (χ3n) is 5.47. The number of benzene rings is 3. The van der Waals surface area contributed by atoms with Crippen molar-refractivity contribution in [2.45, 2.75) is 12.5 Å². The summed E-state index contributed by atoms with van der Waals surface area (Å²) < 4.78 is 5.89. The predicted molar refractivity (Wildman–Crippen MR) is 126 cm³/mol. The molecule has 1 aliphatic heterocycles. The summed E-state index contributed by atoms with van der Waals surface area (Å²) in [5.41, 5.74) is 3.55. The number of fused-ring (bicyclic) bond motifs is 1. The van der Waals surface area contributed by atoms with Crippen molar-refractivity contribution in [3.63, 3.8) is 0 Å². The molecule has 4 aromatic rings. The number of halogens is 1. The largest absolute Gasteiger partial charge is 0.481 e. The van der Waals surface area contributed by atoms with E-state index in [2.05, 4.69) is 10.1 Å². The van der Waals surface area contributed by atoms with Gasteiger partial charge in [-0.1, -0.05) is 72.3 Å². The van der Waals surface area contributed by atoms with Crippen LogP contribution in [0, 0.1) is 0 Å². The molecule has 0 fully saturated rings. The number of pyridine rings is 1. The van der Waals surface area contributed by atoms with Crippen LogP contribution in [0.1, 0.15) is 23.6 Å². The molecule has 0 bridgehead atoms. The van der Waals surface area contributed by atoms with Crippen molar-refractivity contribution in [3.8, 4) is 5.75 Å². The second kappa shape index (κ2) is 8.81. The number of nitrogens with zero attached hydrogens (tertiary/aromatic N) is 3. The first-order chi connectivity index (χ1) is 15.7. The molecule has 1 aliphatic rings. The van der Waals surface area contributed by atoms with Crippen LogP contribution in [0.15, 0.2) is 96.2 Å². The van der Waals surface area contributed by atoms with Gasteiger partial charge >= 0.3 is 0 Å². The minimum Gasteiger partial charge on any atom is -0.481 e. The minimum absolute atomic E-state index is 0.129. The molecule has 0 N–H and O–H groups in total. The molecule has 0 radical (unpaired) electrons. The van der Waals surface area contributed by atoms with Crippen molar-refractivity contribution >= 4 is 34.1 Å². The number of carbonyl (C=O) groups excluding carboxylic acids is 1. The highest BCUT2D eigenvalue weighted by molar-refractivity contribution is 6.30. The van der Waals surface area contributed by atoms with Crippen LogP contribution in [0.25, 0.3) is 10.9 Å². The quantitative estimate of drug-likeness (QED) is 0.402. The lowest BCUT2D eigenvalue weighted by Crippen LogP contribution is -2.31. The monoisotopic (exact) mass is 441 g/mol. The van der Waals surface area contributed by atoms with Crippen molar-refractivity contribution in [1.82, 2.24) is 9.99 Å². The Morgan fingerprint density at radius 2 is 1.75 bits per heavy atom. The number of hydrogen-bond acceptors (Lipinski definition) is 4. The summed E-state index contributed by atoms with van der Waals surface area (Å²) in [6.45, 7) is -0.129. The second-order valence-corrected chi connectivity index (χ2v) is 7.98. The van der Waals surface area contributed by atoms with Gasteiger partial charge in [-0.25, -0.2) is 5.01 Å². The number of para-hydroxylation sites is 1. The van der Waals surface area contributed by atoms with E-state index in [9.17, 15) is 4.79 Å². The number of amides is 1. The van der Waals surface area contributed by atoms with Gasteiger partial charge in [-0.2, -0.15) is 5.10 Å². The maximum atomic E-state index is 13.2. The summed E-state index contributed by atoms with van der Waals surface area (Å²) in [5.74, 6) is 0.365. The van der Waals surface area contributed by atoms with Gasteiger partial charge in [-0.3, -0.25) is 9.78 Å². The van der Waals surface area contributed by atoms with Gasteiger partial charge in [0.15, 0.2) is 6.61 Å². The third kappa shape index (κ3) is 4.07. The van der Waals surface area contributed by atoms with E-state index in [0.717, 1.165) is 27.7 Å². The Morgan fingerprint density at radius 3 is 2.56 bits per heavy atom. The van der Waals surface area contributed by atoms with Gasteiger partial charge < -0.3 is 4.74 Å². The van der Waals surface area contributed by atoms with E-state index < -0.39 is 0 Å². The highest BCUT2D eigenvalue weighted by Crippen LogP contribution is 2.33. The molecule has 1 amide bonds. The Morgan fingerprint density at radius 1 is 0.969 bits per heavy atom. The summed E-state index contributed by atoms with van der Waals surface area (Å²) >= 11 is 6.04. The van der Waals surface area contributed by atoms with Crippen molar-refractivity contribution in [2.24, 2.45) is 5.10 Å². The standard InChI is InChI=1S/C26H20ClN3O2/c27-21-13-11-18(12-14-21)22-16-23(19-6-2-1-3-7-19)30(29-22)25(31)17-32-24-10-4-8-20-9-5-15-28-26(20)24/h1-15,23H,16-17H2. The molecule has 2 heterocycles.